The molecule has 0 fully saturated rings. The van der Waals surface area contributed by atoms with Gasteiger partial charge in [-0.25, -0.2) is 0 Å². The maximum Gasteiger partial charge on any atom is 0 e. The molecule has 2 nitrogen and oxygen atoms in total. The van der Waals surface area contributed by atoms with Gasteiger partial charge >= 0.3 is 0 Å². The number of aryl methyl sites for hydroxylation is 1. The number of hydrogen-bond acceptors (Lipinski definition) is 1. The number of nitrogens with zero attached hydrogens (tertiary/aromatic N) is 2. The van der Waals surface area contributed by atoms with Gasteiger partial charge in [0.05, 0.1) is 0 Å². The van der Waals surface area contributed by atoms with Crippen LogP contribution in [-0.2, 0) is 26.8 Å². The number of aromatic nitrogens is 2. The van der Waals surface area contributed by atoms with Crippen LogP contribution < -0.4 is 4.98 Å². The van der Waals surface area contributed by atoms with E-state index in [-0.39, 0.29) is 20.4 Å². The monoisotopic (exact) mass is 282 g/mol. The van der Waals surface area contributed by atoms with Crippen LogP contribution in [0.1, 0.15) is 12.6 Å². The fourth-order valence-electron chi connectivity index (χ4n) is 0.443. The smallest absolute Gasteiger partial charge is 0 e. The van der Waals surface area contributed by atoms with E-state index in [4.69, 9.17) is 0 Å². The van der Waals surface area contributed by atoms with Gasteiger partial charge in [0.15, 0.2) is 0 Å². The van der Waals surface area contributed by atoms with Crippen molar-refractivity contribution in [2.45, 2.75) is 13.3 Å². The maximum atomic E-state index is 3.92. The zero-order valence-corrected chi connectivity index (χ0v) is 7.35. The summed E-state index contributed by atoms with van der Waals surface area (Å²) in [5.41, 5.74) is 1.07. The fourth-order valence-corrected chi connectivity index (χ4v) is 0.443. The van der Waals surface area contributed by atoms with Gasteiger partial charge in [-0.3, -0.25) is 0 Å². The Bertz CT molecular complexity index is 125. The Morgan fingerprint density at radius 2 is 2.50 bits per heavy atom. The molecule has 0 spiro atoms. The molecule has 0 bridgehead atoms. The molecule has 45 valence electrons. The molecular weight excluding hydrogens is 274 g/mol. The zero-order chi connectivity index (χ0) is 5.11. The van der Waals surface area contributed by atoms with Crippen molar-refractivity contribution in [2.75, 3.05) is 0 Å². The van der Waals surface area contributed by atoms with E-state index < -0.39 is 0 Å². The second-order valence-corrected chi connectivity index (χ2v) is 1.37. The number of imidazole rings is 1. The second-order valence-electron chi connectivity index (χ2n) is 1.37. The van der Waals surface area contributed by atoms with Crippen LogP contribution in [0, 0.1) is 0 Å². The van der Waals surface area contributed by atoms with E-state index >= 15 is 0 Å². The first-order valence-corrected chi connectivity index (χ1v) is 2.35. The minimum atomic E-state index is 0. The predicted molar refractivity (Wildman–Crippen MR) is 26.9 cm³/mol. The van der Waals surface area contributed by atoms with E-state index in [1.807, 2.05) is 0 Å². The Balaban J connectivity index is 0.000000490. The van der Waals surface area contributed by atoms with Crippen molar-refractivity contribution in [1.29, 1.82) is 0 Å². The van der Waals surface area contributed by atoms with Crippen LogP contribution in [0.3, 0.4) is 0 Å². The molecule has 1 rings (SSSR count). The Hall–Kier alpha value is -0.128. The molecule has 0 aliphatic heterocycles. The standard InChI is InChI=1S/C5H7N2.Re/c1-2-5-3-6-4-7-5;/h3-4H,2H2,1H3;/q-1;. The summed E-state index contributed by atoms with van der Waals surface area (Å²) in [6.07, 6.45) is 4.33. The molecule has 0 unspecified atom stereocenters. The topological polar surface area (TPSA) is 27.0 Å². The third kappa shape index (κ3) is 1.77. The third-order valence-electron chi connectivity index (χ3n) is 0.876. The Morgan fingerprint density at radius 1 is 1.75 bits per heavy atom. The van der Waals surface area contributed by atoms with Gasteiger partial charge in [0.1, 0.15) is 0 Å². The molecule has 0 amide bonds. The van der Waals surface area contributed by atoms with E-state index in [0.29, 0.717) is 0 Å². The number of rotatable bonds is 1. The molecule has 1 heterocycles. The molecule has 3 heteroatoms. The van der Waals surface area contributed by atoms with Crippen LogP contribution in [0.5, 0.6) is 0 Å². The van der Waals surface area contributed by atoms with Crippen molar-refractivity contribution in [3.63, 3.8) is 0 Å². The van der Waals surface area contributed by atoms with Gasteiger partial charge in [-0.15, -0.1) is 0 Å². The average Bonchev–Trinajstić information content (AvgIpc) is 2.14. The number of hydrogen-bond donors (Lipinski definition) is 0. The molecule has 0 atom stereocenters. The molecular formula is C5H7N2Re-. The second kappa shape index (κ2) is 3.82. The van der Waals surface area contributed by atoms with Crippen LogP contribution in [0.4, 0.5) is 0 Å². The molecule has 0 aliphatic rings. The Labute approximate surface area is 62.4 Å². The molecule has 0 aliphatic carbocycles. The van der Waals surface area contributed by atoms with E-state index in [9.17, 15) is 0 Å². The normalized spacial score (nSPS) is 8.12. The summed E-state index contributed by atoms with van der Waals surface area (Å²) in [7, 11) is 0. The van der Waals surface area contributed by atoms with E-state index in [1.54, 1.807) is 12.5 Å². The quantitative estimate of drug-likeness (QED) is 0.754. The van der Waals surface area contributed by atoms with Gasteiger partial charge in [0.2, 0.25) is 0 Å². The SMILES string of the molecule is CCc1cnc[n-]1.[Re]. The Morgan fingerprint density at radius 3 is 2.75 bits per heavy atom. The van der Waals surface area contributed by atoms with Gasteiger partial charge in [-0.1, -0.05) is 25.1 Å². The summed E-state index contributed by atoms with van der Waals surface area (Å²) in [4.78, 5) is 7.71. The molecule has 8 heavy (non-hydrogen) atoms. The summed E-state index contributed by atoms with van der Waals surface area (Å²) in [5.74, 6) is 0. The molecule has 1 radical (unpaired) electrons. The molecule has 0 aromatic carbocycles. The molecule has 0 N–H and O–H groups in total. The van der Waals surface area contributed by atoms with Crippen LogP contribution in [-0.4, -0.2) is 4.98 Å². The first kappa shape index (κ1) is 7.87. The molecule has 1 aromatic rings. The third-order valence-corrected chi connectivity index (χ3v) is 0.876. The van der Waals surface area contributed by atoms with Crippen molar-refractivity contribution in [3.8, 4) is 0 Å². The van der Waals surface area contributed by atoms with Crippen molar-refractivity contribution < 1.29 is 20.4 Å². The van der Waals surface area contributed by atoms with E-state index in [0.717, 1.165) is 12.1 Å². The van der Waals surface area contributed by atoms with Crippen LogP contribution in [0.2, 0.25) is 0 Å². The van der Waals surface area contributed by atoms with E-state index in [1.165, 1.54) is 0 Å². The summed E-state index contributed by atoms with van der Waals surface area (Å²) >= 11 is 0. The minimum absolute atomic E-state index is 0. The summed E-state index contributed by atoms with van der Waals surface area (Å²) in [5, 5.41) is 0. The predicted octanol–water partition coefficient (Wildman–Crippen LogP) is 0.599. The van der Waals surface area contributed by atoms with Gasteiger partial charge < -0.3 is 9.97 Å². The summed E-state index contributed by atoms with van der Waals surface area (Å²) < 4.78 is 0. The Kier molecular flexibility index (Phi) is 3.76. The van der Waals surface area contributed by atoms with Crippen LogP contribution in [0.25, 0.3) is 0 Å². The van der Waals surface area contributed by atoms with Gasteiger partial charge in [0, 0.05) is 20.4 Å². The maximum absolute atomic E-state index is 3.92. The average molecular weight is 281 g/mol. The largest absolute Gasteiger partial charge is 0.450 e. The zero-order valence-electron chi connectivity index (χ0n) is 4.63. The van der Waals surface area contributed by atoms with Gasteiger partial charge in [0.25, 0.3) is 0 Å². The van der Waals surface area contributed by atoms with Crippen molar-refractivity contribution in [2.24, 2.45) is 0 Å². The molecule has 0 saturated carbocycles. The van der Waals surface area contributed by atoms with E-state index in [2.05, 4.69) is 16.9 Å². The van der Waals surface area contributed by atoms with Crippen molar-refractivity contribution >= 4 is 0 Å². The van der Waals surface area contributed by atoms with Crippen molar-refractivity contribution in [3.05, 3.63) is 18.2 Å². The van der Waals surface area contributed by atoms with Gasteiger partial charge in [-0.2, -0.15) is 0 Å². The molecule has 0 saturated heterocycles. The summed E-state index contributed by atoms with van der Waals surface area (Å²) in [6.45, 7) is 2.06. The molecule has 1 aromatic heterocycles. The van der Waals surface area contributed by atoms with Crippen molar-refractivity contribution in [1.82, 2.24) is 9.97 Å². The van der Waals surface area contributed by atoms with Crippen LogP contribution in [0.15, 0.2) is 12.5 Å². The van der Waals surface area contributed by atoms with Crippen LogP contribution >= 0.6 is 0 Å². The first-order valence-electron chi connectivity index (χ1n) is 2.35. The fraction of sp³-hybridized carbons (Fsp3) is 0.400. The summed E-state index contributed by atoms with van der Waals surface area (Å²) in [6, 6.07) is 0. The van der Waals surface area contributed by atoms with Gasteiger partial charge in [-0.05, 0) is 6.42 Å². The first-order chi connectivity index (χ1) is 3.43. The minimum Gasteiger partial charge on any atom is -0.450 e.